The van der Waals surface area contributed by atoms with Crippen molar-refractivity contribution in [3.8, 4) is 28.3 Å². The van der Waals surface area contributed by atoms with E-state index in [1.807, 2.05) is 79.7 Å². The number of benzene rings is 3. The third-order valence-corrected chi connectivity index (χ3v) is 7.05. The summed E-state index contributed by atoms with van der Waals surface area (Å²) in [4.78, 5) is 33.1. The smallest absolute Gasteiger partial charge is 0.408 e. The van der Waals surface area contributed by atoms with Gasteiger partial charge in [-0.25, -0.2) is 19.6 Å². The number of ether oxygens (including phenoxy) is 2. The highest BCUT2D eigenvalue weighted by Gasteiger charge is 2.21. The Morgan fingerprint density at radius 2 is 1.53 bits per heavy atom. The summed E-state index contributed by atoms with van der Waals surface area (Å²) in [5, 5.41) is 12.1. The number of carbonyl (C=O) groups is 2. The summed E-state index contributed by atoms with van der Waals surface area (Å²) in [7, 11) is 0. The number of nitrogens with one attached hydrogen (secondary N) is 1. The van der Waals surface area contributed by atoms with Gasteiger partial charge in [0.2, 0.25) is 0 Å². The molecule has 224 valence electrons. The molecule has 1 heterocycles. The molecule has 2 N–H and O–H groups in total. The number of carboxylic acids is 1. The molecule has 0 fully saturated rings. The largest absolute Gasteiger partial charge is 0.494 e. The van der Waals surface area contributed by atoms with E-state index in [4.69, 9.17) is 9.47 Å². The number of aliphatic carboxylic acids is 1. The lowest BCUT2D eigenvalue weighted by Gasteiger charge is -2.15. The van der Waals surface area contributed by atoms with Crippen molar-refractivity contribution < 1.29 is 24.2 Å². The molecule has 1 amide bonds. The van der Waals surface area contributed by atoms with Gasteiger partial charge >= 0.3 is 12.1 Å². The molecule has 3 aromatic carbocycles. The maximum Gasteiger partial charge on any atom is 0.408 e. The van der Waals surface area contributed by atoms with Crippen molar-refractivity contribution in [2.24, 2.45) is 0 Å². The zero-order chi connectivity index (χ0) is 30.4. The lowest BCUT2D eigenvalue weighted by Crippen LogP contribution is -2.42. The Labute approximate surface area is 253 Å². The third-order valence-electron chi connectivity index (χ3n) is 7.05. The average Bonchev–Trinajstić information content (AvgIpc) is 3.02. The van der Waals surface area contributed by atoms with Crippen LogP contribution in [0.3, 0.4) is 0 Å². The first kappa shape index (κ1) is 31.2. The molecule has 0 aliphatic rings. The SMILES string of the molecule is CCCCCCCOc1ccc(-c2cnc(-c3ccc(C[C@H](NC(=O)OCc4cccc(C)c4)C(=O)O)cc3)nc2)cc1. The quantitative estimate of drug-likeness (QED) is 0.141. The van der Waals surface area contributed by atoms with Crippen molar-refractivity contribution in [1.29, 1.82) is 0 Å². The van der Waals surface area contributed by atoms with Crippen LogP contribution in [0.4, 0.5) is 4.79 Å². The van der Waals surface area contributed by atoms with Crippen molar-refractivity contribution >= 4 is 12.1 Å². The zero-order valence-corrected chi connectivity index (χ0v) is 24.8. The van der Waals surface area contributed by atoms with Gasteiger partial charge in [0.15, 0.2) is 5.82 Å². The van der Waals surface area contributed by atoms with Crippen LogP contribution >= 0.6 is 0 Å². The Hall–Kier alpha value is -4.72. The number of rotatable bonds is 15. The molecule has 0 bridgehead atoms. The van der Waals surface area contributed by atoms with Gasteiger partial charge in [0.25, 0.3) is 0 Å². The molecule has 1 aromatic heterocycles. The summed E-state index contributed by atoms with van der Waals surface area (Å²) in [6.07, 6.45) is 8.94. The van der Waals surface area contributed by atoms with Crippen molar-refractivity contribution in [3.05, 3.63) is 102 Å². The van der Waals surface area contributed by atoms with Gasteiger partial charge in [-0.2, -0.15) is 0 Å². The van der Waals surface area contributed by atoms with Gasteiger partial charge in [0.1, 0.15) is 18.4 Å². The van der Waals surface area contributed by atoms with E-state index in [1.165, 1.54) is 25.7 Å². The number of amides is 1. The number of nitrogens with zero attached hydrogens (tertiary/aromatic N) is 2. The summed E-state index contributed by atoms with van der Waals surface area (Å²) in [6.45, 7) is 4.95. The molecule has 8 heteroatoms. The topological polar surface area (TPSA) is 111 Å². The van der Waals surface area contributed by atoms with Crippen molar-refractivity contribution in [1.82, 2.24) is 15.3 Å². The molecule has 1 atom stereocenters. The first-order valence-electron chi connectivity index (χ1n) is 14.8. The lowest BCUT2D eigenvalue weighted by molar-refractivity contribution is -0.139. The van der Waals surface area contributed by atoms with Crippen LogP contribution < -0.4 is 10.1 Å². The number of carboxylic acid groups (broad SMARTS) is 1. The van der Waals surface area contributed by atoms with Crippen LogP contribution in [-0.2, 0) is 22.6 Å². The van der Waals surface area contributed by atoms with Crippen LogP contribution in [0.25, 0.3) is 22.5 Å². The molecule has 4 aromatic rings. The first-order valence-corrected chi connectivity index (χ1v) is 14.8. The lowest BCUT2D eigenvalue weighted by atomic mass is 10.0. The van der Waals surface area contributed by atoms with E-state index in [0.717, 1.165) is 52.2 Å². The molecule has 0 saturated heterocycles. The molecule has 0 spiro atoms. The highest BCUT2D eigenvalue weighted by molar-refractivity contribution is 5.80. The molecular formula is C35H39N3O5. The van der Waals surface area contributed by atoms with Crippen LogP contribution in [0, 0.1) is 6.92 Å². The normalized spacial score (nSPS) is 11.5. The molecule has 0 unspecified atom stereocenters. The highest BCUT2D eigenvalue weighted by atomic mass is 16.5. The van der Waals surface area contributed by atoms with Gasteiger partial charge in [-0.1, -0.05) is 98.8 Å². The van der Waals surface area contributed by atoms with Crippen LogP contribution in [0.5, 0.6) is 5.75 Å². The molecular weight excluding hydrogens is 542 g/mol. The summed E-state index contributed by atoms with van der Waals surface area (Å²) in [5.41, 5.74) is 5.33. The van der Waals surface area contributed by atoms with Gasteiger partial charge in [0, 0.05) is 29.9 Å². The fraction of sp³-hybridized carbons (Fsp3) is 0.314. The van der Waals surface area contributed by atoms with E-state index in [9.17, 15) is 14.7 Å². The summed E-state index contributed by atoms with van der Waals surface area (Å²) in [5.74, 6) is 0.278. The van der Waals surface area contributed by atoms with E-state index in [-0.39, 0.29) is 13.0 Å². The molecule has 4 rings (SSSR count). The number of hydrogen-bond acceptors (Lipinski definition) is 6. The van der Waals surface area contributed by atoms with Crippen molar-refractivity contribution in [3.63, 3.8) is 0 Å². The third kappa shape index (κ3) is 9.95. The fourth-order valence-corrected chi connectivity index (χ4v) is 4.63. The molecule has 0 saturated carbocycles. The van der Waals surface area contributed by atoms with Crippen LogP contribution in [0.2, 0.25) is 0 Å². The second kappa shape index (κ2) is 16.1. The molecule has 0 radical (unpaired) electrons. The van der Waals surface area contributed by atoms with Gasteiger partial charge in [-0.15, -0.1) is 0 Å². The maximum atomic E-state index is 12.3. The number of hydrogen-bond donors (Lipinski definition) is 2. The Kier molecular flexibility index (Phi) is 11.7. The minimum atomic E-state index is -1.14. The van der Waals surface area contributed by atoms with Crippen LogP contribution in [0.15, 0.2) is 85.2 Å². The first-order chi connectivity index (χ1) is 20.9. The number of alkyl carbamates (subject to hydrolysis) is 1. The summed E-state index contributed by atoms with van der Waals surface area (Å²) < 4.78 is 11.1. The molecule has 0 aliphatic heterocycles. The van der Waals surface area contributed by atoms with Gasteiger partial charge in [0.05, 0.1) is 6.61 Å². The van der Waals surface area contributed by atoms with Gasteiger partial charge in [-0.3, -0.25) is 0 Å². The molecule has 0 aliphatic carbocycles. The van der Waals surface area contributed by atoms with E-state index < -0.39 is 18.1 Å². The molecule has 8 nitrogen and oxygen atoms in total. The Balaban J connectivity index is 1.28. The highest BCUT2D eigenvalue weighted by Crippen LogP contribution is 2.24. The summed E-state index contributed by atoms with van der Waals surface area (Å²) in [6, 6.07) is 21.7. The average molecular weight is 582 g/mol. The minimum absolute atomic E-state index is 0.0618. The number of aromatic nitrogens is 2. The number of aryl methyl sites for hydroxylation is 1. The predicted octanol–water partition coefficient (Wildman–Crippen LogP) is 7.39. The van der Waals surface area contributed by atoms with Gasteiger partial charge in [-0.05, 0) is 42.2 Å². The number of unbranched alkanes of at least 4 members (excludes halogenated alkanes) is 4. The van der Waals surface area contributed by atoms with Crippen molar-refractivity contribution in [2.75, 3.05) is 6.61 Å². The standard InChI is InChI=1S/C35H39N3O5/c1-3-4-5-6-7-19-42-31-17-15-28(16-18-31)30-22-36-33(37-23-30)29-13-11-26(12-14-29)21-32(34(39)40)38-35(41)43-24-27-10-8-9-25(2)20-27/h8-18,20,22-23,32H,3-7,19,21,24H2,1-2H3,(H,38,41)(H,39,40)/t32-/m0/s1. The Bertz CT molecular complexity index is 1450. The Morgan fingerprint density at radius 3 is 2.21 bits per heavy atom. The molecule has 43 heavy (non-hydrogen) atoms. The van der Waals surface area contributed by atoms with E-state index in [2.05, 4.69) is 22.2 Å². The van der Waals surface area contributed by atoms with Crippen LogP contribution in [0.1, 0.15) is 55.7 Å². The number of carbonyl (C=O) groups excluding carboxylic acids is 1. The van der Waals surface area contributed by atoms with E-state index in [1.54, 1.807) is 12.4 Å². The monoisotopic (exact) mass is 581 g/mol. The summed E-state index contributed by atoms with van der Waals surface area (Å²) >= 11 is 0. The van der Waals surface area contributed by atoms with Crippen LogP contribution in [-0.4, -0.2) is 39.8 Å². The fourth-order valence-electron chi connectivity index (χ4n) is 4.63. The van der Waals surface area contributed by atoms with E-state index in [0.29, 0.717) is 5.82 Å². The second-order valence-corrected chi connectivity index (χ2v) is 10.6. The second-order valence-electron chi connectivity index (χ2n) is 10.6. The zero-order valence-electron chi connectivity index (χ0n) is 24.8. The maximum absolute atomic E-state index is 12.3. The van der Waals surface area contributed by atoms with E-state index >= 15 is 0 Å². The van der Waals surface area contributed by atoms with Crippen molar-refractivity contribution in [2.45, 2.75) is 65.0 Å². The van der Waals surface area contributed by atoms with Gasteiger partial charge < -0.3 is 19.9 Å². The Morgan fingerprint density at radius 1 is 0.837 bits per heavy atom. The predicted molar refractivity (Wildman–Crippen MR) is 167 cm³/mol. The minimum Gasteiger partial charge on any atom is -0.494 e.